The van der Waals surface area contributed by atoms with E-state index in [1.165, 1.54) is 31.9 Å². The van der Waals surface area contributed by atoms with Gasteiger partial charge in [0.1, 0.15) is 11.6 Å². The van der Waals surface area contributed by atoms with Crippen LogP contribution in [0.4, 0.5) is 14.5 Å². The van der Waals surface area contributed by atoms with Crippen LogP contribution in [-0.4, -0.2) is 54.0 Å². The van der Waals surface area contributed by atoms with E-state index in [9.17, 15) is 13.6 Å². The first-order chi connectivity index (χ1) is 11.5. The maximum absolute atomic E-state index is 13.5. The molecule has 0 aliphatic carbocycles. The van der Waals surface area contributed by atoms with Crippen molar-refractivity contribution in [3.63, 3.8) is 0 Å². The number of nitrogens with one attached hydrogen (secondary N) is 1. The molecule has 6 heteroatoms. The Bertz CT molecular complexity index is 590. The second-order valence-corrected chi connectivity index (χ2v) is 6.92. The SMILES string of the molecule is CC1CCCCN1C1CN(CCC(=O)Nc2ccc(F)cc2F)C1. The number of amides is 1. The van der Waals surface area contributed by atoms with Crippen LogP contribution in [0.1, 0.15) is 32.6 Å². The van der Waals surface area contributed by atoms with Crippen molar-refractivity contribution in [1.82, 2.24) is 9.80 Å². The summed E-state index contributed by atoms with van der Waals surface area (Å²) in [4.78, 5) is 16.8. The molecule has 0 bridgehead atoms. The molecule has 2 heterocycles. The van der Waals surface area contributed by atoms with Crippen LogP contribution < -0.4 is 5.32 Å². The molecule has 2 aliphatic heterocycles. The van der Waals surface area contributed by atoms with Crippen molar-refractivity contribution in [1.29, 1.82) is 0 Å². The molecule has 132 valence electrons. The van der Waals surface area contributed by atoms with E-state index in [-0.39, 0.29) is 11.6 Å². The van der Waals surface area contributed by atoms with Gasteiger partial charge in [-0.2, -0.15) is 0 Å². The van der Waals surface area contributed by atoms with Gasteiger partial charge in [0.15, 0.2) is 0 Å². The van der Waals surface area contributed by atoms with Gasteiger partial charge in [-0.3, -0.25) is 14.6 Å². The number of carbonyl (C=O) groups excluding carboxylic acids is 1. The molecule has 1 atom stereocenters. The fraction of sp³-hybridized carbons (Fsp3) is 0.611. The molecule has 2 aliphatic rings. The van der Waals surface area contributed by atoms with E-state index in [0.29, 0.717) is 25.0 Å². The Labute approximate surface area is 141 Å². The van der Waals surface area contributed by atoms with E-state index in [1.54, 1.807) is 0 Å². The molecule has 24 heavy (non-hydrogen) atoms. The fourth-order valence-electron chi connectivity index (χ4n) is 3.66. The Balaban J connectivity index is 1.38. The van der Waals surface area contributed by atoms with Gasteiger partial charge in [0, 0.05) is 44.2 Å². The first kappa shape index (κ1) is 17.3. The Kier molecular flexibility index (Phi) is 5.46. The summed E-state index contributed by atoms with van der Waals surface area (Å²) in [7, 11) is 0. The van der Waals surface area contributed by atoms with Crippen LogP contribution in [0.5, 0.6) is 0 Å². The fourth-order valence-corrected chi connectivity index (χ4v) is 3.66. The summed E-state index contributed by atoms with van der Waals surface area (Å²) in [6.45, 7) is 6.16. The minimum atomic E-state index is -0.744. The normalized spacial score (nSPS) is 23.0. The predicted octanol–water partition coefficient (Wildman–Crippen LogP) is 2.85. The van der Waals surface area contributed by atoms with Gasteiger partial charge < -0.3 is 5.32 Å². The van der Waals surface area contributed by atoms with Gasteiger partial charge in [0.2, 0.25) is 5.91 Å². The summed E-state index contributed by atoms with van der Waals surface area (Å²) in [5.41, 5.74) is 0.0324. The van der Waals surface area contributed by atoms with E-state index in [1.807, 2.05) is 0 Å². The van der Waals surface area contributed by atoms with Crippen LogP contribution in [0.2, 0.25) is 0 Å². The van der Waals surface area contributed by atoms with Crippen molar-refractivity contribution >= 4 is 11.6 Å². The van der Waals surface area contributed by atoms with Crippen LogP contribution >= 0.6 is 0 Å². The van der Waals surface area contributed by atoms with Crippen molar-refractivity contribution < 1.29 is 13.6 Å². The molecular weight excluding hydrogens is 312 g/mol. The summed E-state index contributed by atoms with van der Waals surface area (Å²) < 4.78 is 26.4. The lowest BCUT2D eigenvalue weighted by Crippen LogP contribution is -2.62. The molecule has 0 radical (unpaired) electrons. The molecule has 0 aromatic heterocycles. The number of likely N-dealkylation sites (tertiary alicyclic amines) is 2. The Morgan fingerprint density at radius 3 is 2.79 bits per heavy atom. The van der Waals surface area contributed by atoms with Crippen molar-refractivity contribution in [2.24, 2.45) is 0 Å². The molecule has 2 fully saturated rings. The molecule has 2 saturated heterocycles. The van der Waals surface area contributed by atoms with E-state index in [4.69, 9.17) is 0 Å². The third kappa shape index (κ3) is 4.11. The highest BCUT2D eigenvalue weighted by molar-refractivity contribution is 5.90. The number of anilines is 1. The molecule has 1 aromatic carbocycles. The lowest BCUT2D eigenvalue weighted by molar-refractivity contribution is -0.117. The monoisotopic (exact) mass is 337 g/mol. The molecule has 3 rings (SSSR count). The number of rotatable bonds is 5. The second kappa shape index (κ2) is 7.57. The highest BCUT2D eigenvalue weighted by Crippen LogP contribution is 2.24. The van der Waals surface area contributed by atoms with Crippen molar-refractivity contribution in [2.75, 3.05) is 31.5 Å². The quantitative estimate of drug-likeness (QED) is 0.897. The lowest BCUT2D eigenvalue weighted by Gasteiger charge is -2.49. The molecule has 1 N–H and O–H groups in total. The van der Waals surface area contributed by atoms with Crippen molar-refractivity contribution in [3.8, 4) is 0 Å². The van der Waals surface area contributed by atoms with E-state index in [2.05, 4.69) is 22.0 Å². The summed E-state index contributed by atoms with van der Waals surface area (Å²) in [5.74, 6) is -1.63. The average molecular weight is 337 g/mol. The minimum Gasteiger partial charge on any atom is -0.324 e. The number of halogens is 2. The van der Waals surface area contributed by atoms with E-state index < -0.39 is 11.6 Å². The summed E-state index contributed by atoms with van der Waals surface area (Å²) in [5, 5.41) is 2.50. The highest BCUT2D eigenvalue weighted by Gasteiger charge is 2.34. The van der Waals surface area contributed by atoms with E-state index in [0.717, 1.165) is 25.2 Å². The summed E-state index contributed by atoms with van der Waals surface area (Å²) >= 11 is 0. The first-order valence-corrected chi connectivity index (χ1v) is 8.76. The Morgan fingerprint density at radius 1 is 1.29 bits per heavy atom. The molecule has 0 saturated carbocycles. The number of carbonyl (C=O) groups is 1. The standard InChI is InChI=1S/C18H25F2N3O/c1-13-4-2-3-8-23(13)15-11-22(12-15)9-7-18(24)21-17-6-5-14(19)10-16(17)20/h5-6,10,13,15H,2-4,7-9,11-12H2,1H3,(H,21,24). The number of nitrogens with zero attached hydrogens (tertiary/aromatic N) is 2. The zero-order valence-electron chi connectivity index (χ0n) is 14.1. The maximum Gasteiger partial charge on any atom is 0.225 e. The molecular formula is C18H25F2N3O. The summed E-state index contributed by atoms with van der Waals surface area (Å²) in [6.07, 6.45) is 4.21. The smallest absolute Gasteiger partial charge is 0.225 e. The van der Waals surface area contributed by atoms with Gasteiger partial charge in [-0.25, -0.2) is 8.78 Å². The molecule has 1 unspecified atom stereocenters. The number of piperidine rings is 1. The Hall–Kier alpha value is -1.53. The van der Waals surface area contributed by atoms with E-state index >= 15 is 0 Å². The van der Waals surface area contributed by atoms with Crippen LogP contribution in [0, 0.1) is 11.6 Å². The van der Waals surface area contributed by atoms with Crippen LogP contribution in [-0.2, 0) is 4.79 Å². The molecule has 1 aromatic rings. The van der Waals surface area contributed by atoms with Crippen molar-refractivity contribution in [3.05, 3.63) is 29.8 Å². The lowest BCUT2D eigenvalue weighted by atomic mass is 9.97. The molecule has 4 nitrogen and oxygen atoms in total. The largest absolute Gasteiger partial charge is 0.324 e. The van der Waals surface area contributed by atoms with Gasteiger partial charge in [-0.05, 0) is 38.4 Å². The first-order valence-electron chi connectivity index (χ1n) is 8.76. The number of hydrogen-bond acceptors (Lipinski definition) is 3. The average Bonchev–Trinajstić information content (AvgIpc) is 2.50. The van der Waals surface area contributed by atoms with Crippen LogP contribution in [0.3, 0.4) is 0 Å². The van der Waals surface area contributed by atoms with Gasteiger partial charge in [-0.15, -0.1) is 0 Å². The maximum atomic E-state index is 13.5. The molecule has 1 amide bonds. The minimum absolute atomic E-state index is 0.0324. The van der Waals surface area contributed by atoms with Gasteiger partial charge in [0.25, 0.3) is 0 Å². The van der Waals surface area contributed by atoms with Gasteiger partial charge >= 0.3 is 0 Å². The van der Waals surface area contributed by atoms with Crippen LogP contribution in [0.25, 0.3) is 0 Å². The molecule has 0 spiro atoms. The van der Waals surface area contributed by atoms with Gasteiger partial charge in [0.05, 0.1) is 5.69 Å². The zero-order valence-corrected chi connectivity index (χ0v) is 14.1. The third-order valence-corrected chi connectivity index (χ3v) is 5.12. The zero-order chi connectivity index (χ0) is 17.1. The third-order valence-electron chi connectivity index (χ3n) is 5.12. The van der Waals surface area contributed by atoms with Crippen molar-refractivity contribution in [2.45, 2.75) is 44.7 Å². The highest BCUT2D eigenvalue weighted by atomic mass is 19.1. The number of benzene rings is 1. The Morgan fingerprint density at radius 2 is 2.08 bits per heavy atom. The number of hydrogen-bond donors (Lipinski definition) is 1. The second-order valence-electron chi connectivity index (χ2n) is 6.92. The topological polar surface area (TPSA) is 35.6 Å². The van der Waals surface area contributed by atoms with Gasteiger partial charge in [-0.1, -0.05) is 6.42 Å². The summed E-state index contributed by atoms with van der Waals surface area (Å²) in [6, 6.07) is 4.43. The van der Waals surface area contributed by atoms with Crippen LogP contribution in [0.15, 0.2) is 18.2 Å². The predicted molar refractivity (Wildman–Crippen MR) is 89.9 cm³/mol.